The van der Waals surface area contributed by atoms with Crippen molar-refractivity contribution < 1.29 is 27.8 Å². The van der Waals surface area contributed by atoms with E-state index in [1.807, 2.05) is 0 Å². The molecule has 17 heavy (non-hydrogen) atoms. The minimum absolute atomic E-state index is 0.0187. The molecule has 94 valence electrons. The van der Waals surface area contributed by atoms with E-state index in [4.69, 9.17) is 5.11 Å². The molecule has 0 aromatic carbocycles. The minimum Gasteiger partial charge on any atom is -0.478 e. The summed E-state index contributed by atoms with van der Waals surface area (Å²) in [6, 6.07) is -0.226. The maximum absolute atomic E-state index is 11.8. The van der Waals surface area contributed by atoms with Gasteiger partial charge in [0.05, 0.1) is 23.9 Å². The van der Waals surface area contributed by atoms with Crippen LogP contribution in [0, 0.1) is 0 Å². The van der Waals surface area contributed by atoms with Gasteiger partial charge in [0.1, 0.15) is 0 Å². The number of alkyl halides is 3. The zero-order valence-corrected chi connectivity index (χ0v) is 8.52. The van der Waals surface area contributed by atoms with E-state index >= 15 is 0 Å². The smallest absolute Gasteiger partial charge is 0.478 e. The van der Waals surface area contributed by atoms with Gasteiger partial charge < -0.3 is 5.11 Å². The Hall–Kier alpha value is -1.57. The summed E-state index contributed by atoms with van der Waals surface area (Å²) in [5.74, 6) is -1.11. The van der Waals surface area contributed by atoms with Crippen LogP contribution in [0.2, 0.25) is 0 Å². The van der Waals surface area contributed by atoms with Crippen LogP contribution in [0.3, 0.4) is 0 Å². The average Bonchev–Trinajstić information content (AvgIpc) is 2.57. The summed E-state index contributed by atoms with van der Waals surface area (Å²) < 4.78 is 40.7. The fraction of sp³-hybridized carbons (Fsp3) is 0.556. The predicted molar refractivity (Wildman–Crippen MR) is 48.4 cm³/mol. The Labute approximate surface area is 93.8 Å². The van der Waals surface area contributed by atoms with E-state index in [-0.39, 0.29) is 24.4 Å². The molecule has 5 nitrogen and oxygen atoms in total. The van der Waals surface area contributed by atoms with Crippen LogP contribution in [0.5, 0.6) is 0 Å². The van der Waals surface area contributed by atoms with E-state index in [2.05, 4.69) is 9.84 Å². The molecule has 0 atom stereocenters. The molecule has 8 heteroatoms. The second-order valence-electron chi connectivity index (χ2n) is 3.83. The lowest BCUT2D eigenvalue weighted by atomic mass is 9.89. The standard InChI is InChI=1S/C9H9F3N2O3/c10-9(11,12)17-7-1-6(2-7)14-4-5(3-13-14)8(15)16/h3-4,6-7H,1-2H2,(H,15,16)/t6-,7+. The van der Waals surface area contributed by atoms with Crippen LogP contribution in [0.4, 0.5) is 13.2 Å². The SMILES string of the molecule is O=C(O)c1cnn([C@H]2C[C@@H](OC(F)(F)F)C2)c1. The largest absolute Gasteiger partial charge is 0.522 e. The molecular formula is C9H9F3N2O3. The van der Waals surface area contributed by atoms with Crippen molar-refractivity contribution in [1.29, 1.82) is 0 Å². The molecule has 0 bridgehead atoms. The molecule has 0 spiro atoms. The van der Waals surface area contributed by atoms with Gasteiger partial charge in [-0.05, 0) is 12.8 Å². The second-order valence-corrected chi connectivity index (χ2v) is 3.83. The summed E-state index contributed by atoms with van der Waals surface area (Å²) in [4.78, 5) is 10.6. The summed E-state index contributed by atoms with van der Waals surface area (Å²) in [7, 11) is 0. The molecule has 0 unspecified atom stereocenters. The van der Waals surface area contributed by atoms with Crippen LogP contribution in [-0.2, 0) is 4.74 Å². The van der Waals surface area contributed by atoms with Crippen molar-refractivity contribution in [2.75, 3.05) is 0 Å². The number of aromatic carboxylic acids is 1. The van der Waals surface area contributed by atoms with Crippen molar-refractivity contribution in [3.05, 3.63) is 18.0 Å². The van der Waals surface area contributed by atoms with Crippen molar-refractivity contribution in [1.82, 2.24) is 9.78 Å². The highest BCUT2D eigenvalue weighted by atomic mass is 19.4. The van der Waals surface area contributed by atoms with Crippen molar-refractivity contribution in [3.8, 4) is 0 Å². The molecule has 1 aliphatic carbocycles. The molecule has 0 amide bonds. The summed E-state index contributed by atoms with van der Waals surface area (Å²) in [5.41, 5.74) is 0.0187. The van der Waals surface area contributed by atoms with Crippen LogP contribution in [0.1, 0.15) is 29.2 Å². The van der Waals surface area contributed by atoms with Crippen LogP contribution < -0.4 is 0 Å². The number of aromatic nitrogens is 2. The number of carboxylic acids is 1. The highest BCUT2D eigenvalue weighted by Gasteiger charge is 2.41. The number of halogens is 3. The Morgan fingerprint density at radius 1 is 1.53 bits per heavy atom. The van der Waals surface area contributed by atoms with Gasteiger partial charge in [-0.3, -0.25) is 9.42 Å². The van der Waals surface area contributed by atoms with E-state index in [9.17, 15) is 18.0 Å². The summed E-state index contributed by atoms with van der Waals surface area (Å²) in [6.07, 6.45) is -2.65. The van der Waals surface area contributed by atoms with Crippen LogP contribution in [-0.4, -0.2) is 33.3 Å². The zero-order valence-electron chi connectivity index (χ0n) is 8.52. The predicted octanol–water partition coefficient (Wildman–Crippen LogP) is 1.82. The number of ether oxygens (including phenoxy) is 1. The van der Waals surface area contributed by atoms with Gasteiger partial charge in [0.25, 0.3) is 0 Å². The number of hydrogen-bond acceptors (Lipinski definition) is 3. The first-order valence-electron chi connectivity index (χ1n) is 4.87. The summed E-state index contributed by atoms with van der Waals surface area (Å²) >= 11 is 0. The first-order valence-corrected chi connectivity index (χ1v) is 4.87. The number of carbonyl (C=O) groups is 1. The summed E-state index contributed by atoms with van der Waals surface area (Å²) in [5, 5.41) is 12.4. The minimum atomic E-state index is -4.62. The van der Waals surface area contributed by atoms with Crippen molar-refractivity contribution >= 4 is 5.97 Å². The van der Waals surface area contributed by atoms with Gasteiger partial charge in [-0.25, -0.2) is 4.79 Å². The highest BCUT2D eigenvalue weighted by Crippen LogP contribution is 2.37. The van der Waals surface area contributed by atoms with Gasteiger partial charge in [-0.15, -0.1) is 13.2 Å². The molecule has 1 N–H and O–H groups in total. The Kier molecular flexibility index (Phi) is 2.82. The first-order chi connectivity index (χ1) is 7.85. The molecular weight excluding hydrogens is 241 g/mol. The third-order valence-electron chi connectivity index (χ3n) is 2.59. The molecule has 1 aliphatic rings. The second kappa shape index (κ2) is 4.02. The first kappa shape index (κ1) is 11.9. The van der Waals surface area contributed by atoms with Gasteiger partial charge in [-0.1, -0.05) is 0 Å². The molecule has 0 aliphatic heterocycles. The van der Waals surface area contributed by atoms with Crippen molar-refractivity contribution in [2.45, 2.75) is 31.3 Å². The fourth-order valence-corrected chi connectivity index (χ4v) is 1.69. The third kappa shape index (κ3) is 2.76. The van der Waals surface area contributed by atoms with Gasteiger partial charge in [0.2, 0.25) is 0 Å². The number of rotatable bonds is 3. The Bertz CT molecular complexity index is 423. The third-order valence-corrected chi connectivity index (χ3v) is 2.59. The van der Waals surface area contributed by atoms with E-state index in [0.717, 1.165) is 0 Å². The maximum atomic E-state index is 11.8. The molecule has 1 aromatic heterocycles. The lowest BCUT2D eigenvalue weighted by molar-refractivity contribution is -0.353. The number of hydrogen-bond donors (Lipinski definition) is 1. The molecule has 1 saturated carbocycles. The van der Waals surface area contributed by atoms with Crippen LogP contribution in [0.15, 0.2) is 12.4 Å². The van der Waals surface area contributed by atoms with Crippen molar-refractivity contribution in [2.24, 2.45) is 0 Å². The van der Waals surface area contributed by atoms with Gasteiger partial charge >= 0.3 is 12.3 Å². The zero-order chi connectivity index (χ0) is 12.6. The molecule has 1 heterocycles. The monoisotopic (exact) mass is 250 g/mol. The van der Waals surface area contributed by atoms with E-state index in [0.29, 0.717) is 0 Å². The Morgan fingerprint density at radius 2 is 2.18 bits per heavy atom. The van der Waals surface area contributed by atoms with Crippen LogP contribution >= 0.6 is 0 Å². The van der Waals surface area contributed by atoms with E-state index < -0.39 is 18.4 Å². The molecule has 1 aromatic rings. The molecule has 1 fully saturated rings. The maximum Gasteiger partial charge on any atom is 0.522 e. The van der Waals surface area contributed by atoms with E-state index in [1.165, 1.54) is 17.1 Å². The quantitative estimate of drug-likeness (QED) is 0.888. The van der Waals surface area contributed by atoms with Gasteiger partial charge in [0.15, 0.2) is 0 Å². The topological polar surface area (TPSA) is 64.3 Å². The molecule has 2 rings (SSSR count). The molecule has 0 saturated heterocycles. The number of nitrogens with zero attached hydrogens (tertiary/aromatic N) is 2. The van der Waals surface area contributed by atoms with Gasteiger partial charge in [-0.2, -0.15) is 5.10 Å². The Morgan fingerprint density at radius 3 is 2.65 bits per heavy atom. The lowest BCUT2D eigenvalue weighted by Gasteiger charge is -2.35. The summed E-state index contributed by atoms with van der Waals surface area (Å²) in [6.45, 7) is 0. The average molecular weight is 250 g/mol. The lowest BCUT2D eigenvalue weighted by Crippen LogP contribution is -2.37. The van der Waals surface area contributed by atoms with Crippen LogP contribution in [0.25, 0.3) is 0 Å². The van der Waals surface area contributed by atoms with E-state index in [1.54, 1.807) is 0 Å². The highest BCUT2D eigenvalue weighted by molar-refractivity contribution is 5.86. The van der Waals surface area contributed by atoms with Gasteiger partial charge in [0, 0.05) is 6.20 Å². The fourth-order valence-electron chi connectivity index (χ4n) is 1.69. The number of carboxylic acid groups (broad SMARTS) is 1. The normalized spacial score (nSPS) is 24.4. The Balaban J connectivity index is 1.89. The van der Waals surface area contributed by atoms with Crippen molar-refractivity contribution in [3.63, 3.8) is 0 Å². The molecule has 0 radical (unpaired) electrons.